The van der Waals surface area contributed by atoms with Gasteiger partial charge in [-0.1, -0.05) is 26.0 Å². The Kier molecular flexibility index (Phi) is 5.11. The predicted molar refractivity (Wildman–Crippen MR) is 70.1 cm³/mol. The Morgan fingerprint density at radius 2 is 2.11 bits per heavy atom. The number of para-hydroxylation sites is 1. The summed E-state index contributed by atoms with van der Waals surface area (Å²) in [6, 6.07) is 4.81. The van der Waals surface area contributed by atoms with E-state index in [1.807, 2.05) is 13.8 Å². The average Bonchev–Trinajstić information content (AvgIpc) is 2.28. The molecular weight excluding hydrogens is 233 g/mol. The molecule has 0 spiro atoms. The molecular formula is C14H22FNO2. The van der Waals surface area contributed by atoms with Gasteiger partial charge in [0.1, 0.15) is 6.61 Å². The zero-order valence-electron chi connectivity index (χ0n) is 11.5. The molecule has 18 heavy (non-hydrogen) atoms. The summed E-state index contributed by atoms with van der Waals surface area (Å²) in [5.41, 5.74) is -0.226. The maximum atomic E-state index is 13.7. The molecule has 0 aliphatic carbocycles. The van der Waals surface area contributed by atoms with Gasteiger partial charge in [0.25, 0.3) is 0 Å². The molecule has 0 radical (unpaired) electrons. The Labute approximate surface area is 108 Å². The number of benzene rings is 1. The molecule has 1 rings (SSSR count). The lowest BCUT2D eigenvalue weighted by atomic mass is 9.94. The summed E-state index contributed by atoms with van der Waals surface area (Å²) < 4.78 is 19.2. The summed E-state index contributed by atoms with van der Waals surface area (Å²) in [6.45, 7) is 6.09. The van der Waals surface area contributed by atoms with Gasteiger partial charge >= 0.3 is 0 Å². The first-order valence-corrected chi connectivity index (χ1v) is 6.15. The highest BCUT2D eigenvalue weighted by Crippen LogP contribution is 2.25. The van der Waals surface area contributed by atoms with Gasteiger partial charge in [-0.05, 0) is 26.0 Å². The fourth-order valence-electron chi connectivity index (χ4n) is 1.43. The van der Waals surface area contributed by atoms with Gasteiger partial charge < -0.3 is 15.2 Å². The molecule has 0 fully saturated rings. The second-order valence-electron chi connectivity index (χ2n) is 5.06. The number of hydrogen-bond donors (Lipinski definition) is 2. The van der Waals surface area contributed by atoms with Gasteiger partial charge in [-0.15, -0.1) is 0 Å². The molecule has 0 bridgehead atoms. The number of hydrogen-bond acceptors (Lipinski definition) is 3. The third-order valence-electron chi connectivity index (χ3n) is 3.17. The Morgan fingerprint density at radius 1 is 1.44 bits per heavy atom. The lowest BCUT2D eigenvalue weighted by Gasteiger charge is -2.28. The van der Waals surface area contributed by atoms with E-state index in [0.29, 0.717) is 6.54 Å². The Morgan fingerprint density at radius 3 is 2.67 bits per heavy atom. The lowest BCUT2D eigenvalue weighted by molar-refractivity contribution is -0.0277. The van der Waals surface area contributed by atoms with Crippen molar-refractivity contribution in [3.63, 3.8) is 0 Å². The first kappa shape index (κ1) is 14.9. The molecule has 0 aliphatic heterocycles. The van der Waals surface area contributed by atoms with E-state index in [4.69, 9.17) is 4.74 Å². The second-order valence-corrected chi connectivity index (χ2v) is 5.06. The van der Waals surface area contributed by atoms with E-state index in [-0.39, 0.29) is 18.3 Å². The molecule has 0 aliphatic rings. The van der Waals surface area contributed by atoms with Gasteiger partial charge in [0, 0.05) is 12.1 Å². The maximum absolute atomic E-state index is 13.7. The maximum Gasteiger partial charge on any atom is 0.165 e. The van der Waals surface area contributed by atoms with Crippen molar-refractivity contribution in [1.29, 1.82) is 0 Å². The van der Waals surface area contributed by atoms with E-state index < -0.39 is 11.4 Å². The van der Waals surface area contributed by atoms with Crippen molar-refractivity contribution in [2.75, 3.05) is 13.7 Å². The van der Waals surface area contributed by atoms with Crippen molar-refractivity contribution in [1.82, 2.24) is 5.32 Å². The molecule has 2 N–H and O–H groups in total. The highest BCUT2D eigenvalue weighted by Gasteiger charge is 2.26. The zero-order valence-corrected chi connectivity index (χ0v) is 11.5. The summed E-state index contributed by atoms with van der Waals surface area (Å²) in [4.78, 5) is 0. The number of aliphatic hydroxyl groups is 1. The Balaban J connectivity index is 2.84. The fourth-order valence-corrected chi connectivity index (χ4v) is 1.43. The van der Waals surface area contributed by atoms with E-state index in [0.717, 1.165) is 5.56 Å². The number of nitrogens with one attached hydrogen (secondary N) is 1. The van der Waals surface area contributed by atoms with Crippen molar-refractivity contribution in [3.05, 3.63) is 29.6 Å². The van der Waals surface area contributed by atoms with Gasteiger partial charge in [-0.3, -0.25) is 0 Å². The fraction of sp³-hybridized carbons (Fsp3) is 0.571. The van der Waals surface area contributed by atoms with Crippen LogP contribution in [0.2, 0.25) is 0 Å². The van der Waals surface area contributed by atoms with E-state index >= 15 is 0 Å². The molecule has 4 heteroatoms. The highest BCUT2D eigenvalue weighted by atomic mass is 19.1. The molecule has 1 aromatic carbocycles. The predicted octanol–water partition coefficient (Wildman–Crippen LogP) is 2.33. The molecule has 0 amide bonds. The second kappa shape index (κ2) is 6.16. The summed E-state index contributed by atoms with van der Waals surface area (Å²) in [5, 5.41) is 13.1. The van der Waals surface area contributed by atoms with Crippen molar-refractivity contribution in [2.45, 2.75) is 32.9 Å². The molecule has 1 atom stereocenters. The monoisotopic (exact) mass is 255 g/mol. The zero-order chi connectivity index (χ0) is 13.8. The quantitative estimate of drug-likeness (QED) is 0.819. The van der Waals surface area contributed by atoms with Gasteiger partial charge in [0.2, 0.25) is 0 Å². The molecule has 1 aromatic rings. The van der Waals surface area contributed by atoms with Gasteiger partial charge in [-0.25, -0.2) is 4.39 Å². The van der Waals surface area contributed by atoms with E-state index in [1.165, 1.54) is 6.07 Å². The lowest BCUT2D eigenvalue weighted by Crippen LogP contribution is -2.38. The van der Waals surface area contributed by atoms with Crippen LogP contribution in [0.5, 0.6) is 5.75 Å². The molecule has 0 saturated heterocycles. The van der Waals surface area contributed by atoms with Crippen LogP contribution in [-0.2, 0) is 6.54 Å². The average molecular weight is 255 g/mol. The number of rotatable bonds is 6. The van der Waals surface area contributed by atoms with Crippen LogP contribution in [-0.4, -0.2) is 24.4 Å². The van der Waals surface area contributed by atoms with E-state index in [9.17, 15) is 9.50 Å². The summed E-state index contributed by atoms with van der Waals surface area (Å²) >= 11 is 0. The summed E-state index contributed by atoms with van der Waals surface area (Å²) in [6.07, 6.45) is 0. The van der Waals surface area contributed by atoms with E-state index in [1.54, 1.807) is 26.1 Å². The summed E-state index contributed by atoms with van der Waals surface area (Å²) in [7, 11) is 1.79. The summed E-state index contributed by atoms with van der Waals surface area (Å²) in [5.74, 6) is -0.146. The van der Waals surface area contributed by atoms with Crippen molar-refractivity contribution in [3.8, 4) is 5.75 Å². The third kappa shape index (κ3) is 3.68. The normalized spacial score (nSPS) is 14.6. The van der Waals surface area contributed by atoms with Crippen LogP contribution in [0.25, 0.3) is 0 Å². The molecule has 102 valence electrons. The topological polar surface area (TPSA) is 41.5 Å². The SMILES string of the molecule is CNCc1cccc(F)c1OCC(C)(O)C(C)C. The Bertz CT molecular complexity index is 391. The van der Waals surface area contributed by atoms with Crippen LogP contribution in [0.4, 0.5) is 4.39 Å². The molecule has 0 aromatic heterocycles. The minimum atomic E-state index is -0.973. The van der Waals surface area contributed by atoms with Crippen LogP contribution in [0.15, 0.2) is 18.2 Å². The van der Waals surface area contributed by atoms with Crippen LogP contribution in [0.1, 0.15) is 26.3 Å². The molecule has 0 saturated carbocycles. The standard InChI is InChI=1S/C14H22FNO2/c1-10(2)14(3,17)9-18-13-11(8-16-4)6-5-7-12(13)15/h5-7,10,16-17H,8-9H2,1-4H3. The molecule has 3 nitrogen and oxygen atoms in total. The van der Waals surface area contributed by atoms with E-state index in [2.05, 4.69) is 5.32 Å². The molecule has 1 unspecified atom stereocenters. The number of ether oxygens (including phenoxy) is 1. The minimum Gasteiger partial charge on any atom is -0.487 e. The smallest absolute Gasteiger partial charge is 0.165 e. The first-order chi connectivity index (χ1) is 8.38. The van der Waals surface area contributed by atoms with Gasteiger partial charge in [0.05, 0.1) is 5.60 Å². The Hall–Kier alpha value is -1.13. The van der Waals surface area contributed by atoms with Gasteiger partial charge in [0.15, 0.2) is 11.6 Å². The largest absolute Gasteiger partial charge is 0.487 e. The molecule has 0 heterocycles. The van der Waals surface area contributed by atoms with Gasteiger partial charge in [-0.2, -0.15) is 0 Å². The first-order valence-electron chi connectivity index (χ1n) is 6.15. The third-order valence-corrected chi connectivity index (χ3v) is 3.17. The van der Waals surface area contributed by atoms with Crippen LogP contribution in [0, 0.1) is 11.7 Å². The van der Waals surface area contributed by atoms with Crippen LogP contribution < -0.4 is 10.1 Å². The van der Waals surface area contributed by atoms with Crippen LogP contribution in [0.3, 0.4) is 0 Å². The van der Waals surface area contributed by atoms with Crippen molar-refractivity contribution in [2.24, 2.45) is 5.92 Å². The van der Waals surface area contributed by atoms with Crippen molar-refractivity contribution < 1.29 is 14.2 Å². The highest BCUT2D eigenvalue weighted by molar-refractivity contribution is 5.35. The van der Waals surface area contributed by atoms with Crippen LogP contribution >= 0.6 is 0 Å². The number of halogens is 1. The minimum absolute atomic E-state index is 0.0389. The van der Waals surface area contributed by atoms with Crippen molar-refractivity contribution >= 4 is 0 Å².